The van der Waals surface area contributed by atoms with E-state index in [1.807, 2.05) is 49.4 Å². The van der Waals surface area contributed by atoms with Crippen LogP contribution >= 0.6 is 0 Å². The molecule has 5 heteroatoms. The highest BCUT2D eigenvalue weighted by atomic mass is 16.5. The Morgan fingerprint density at radius 3 is 2.44 bits per heavy atom. The predicted molar refractivity (Wildman–Crippen MR) is 96.9 cm³/mol. The fourth-order valence-corrected chi connectivity index (χ4v) is 2.68. The number of nitrogen functional groups attached to an aromatic ring is 1. The summed E-state index contributed by atoms with van der Waals surface area (Å²) in [5.41, 5.74) is 9.21. The molecule has 0 saturated heterocycles. The molecule has 0 aliphatic carbocycles. The highest BCUT2D eigenvalue weighted by Crippen LogP contribution is 2.36. The van der Waals surface area contributed by atoms with Gasteiger partial charge in [0.15, 0.2) is 11.5 Å². The minimum absolute atomic E-state index is 0.413. The average molecular weight is 333 g/mol. The summed E-state index contributed by atoms with van der Waals surface area (Å²) in [7, 11) is 1.58. The summed E-state index contributed by atoms with van der Waals surface area (Å²) < 4.78 is 13.1. The first-order chi connectivity index (χ1) is 12.1. The smallest absolute Gasteiger partial charge is 0.224 e. The zero-order valence-electron chi connectivity index (χ0n) is 14.2. The van der Waals surface area contributed by atoms with Crippen LogP contribution in [0, 0.1) is 18.3 Å². The number of para-hydroxylation sites is 2. The molecule has 0 radical (unpaired) electrons. The van der Waals surface area contributed by atoms with Crippen LogP contribution in [0.15, 0.2) is 54.6 Å². The number of nitrogens with two attached hydrogens (primary N) is 1. The number of anilines is 1. The molecule has 1 heterocycles. The van der Waals surface area contributed by atoms with Gasteiger partial charge in [0.2, 0.25) is 5.88 Å². The monoisotopic (exact) mass is 333 g/mol. The molecular weight excluding hydrogens is 314 g/mol. The van der Waals surface area contributed by atoms with Crippen LogP contribution in [0.3, 0.4) is 0 Å². The summed E-state index contributed by atoms with van der Waals surface area (Å²) in [6.07, 6.45) is 0. The molecule has 1 aromatic heterocycles. The quantitative estimate of drug-likeness (QED) is 0.763. The lowest BCUT2D eigenvalue weighted by molar-refractivity contribution is 0.368. The Hall–Kier alpha value is -3.39. The molecule has 0 aliphatic rings. The molecule has 0 aliphatic heterocycles. The van der Waals surface area contributed by atoms with Gasteiger partial charge in [0.1, 0.15) is 11.8 Å². The van der Waals surface area contributed by atoms with Crippen LogP contribution in [0.5, 0.6) is 17.4 Å². The standard InChI is InChI=1S/C20H19N3O2/c1-14-7-3-4-8-15(14)13-23-16(12-21)11-17(22)20(23)25-19-10-6-5-9-18(19)24-2/h3-11H,13,22H2,1-2H3. The van der Waals surface area contributed by atoms with Gasteiger partial charge in [-0.15, -0.1) is 0 Å². The van der Waals surface area contributed by atoms with Crippen molar-refractivity contribution in [2.45, 2.75) is 13.5 Å². The summed E-state index contributed by atoms with van der Waals surface area (Å²) >= 11 is 0. The first-order valence-electron chi connectivity index (χ1n) is 7.88. The van der Waals surface area contributed by atoms with Crippen LogP contribution in [-0.2, 0) is 6.54 Å². The number of nitriles is 1. The van der Waals surface area contributed by atoms with Gasteiger partial charge < -0.3 is 15.2 Å². The lowest BCUT2D eigenvalue weighted by Crippen LogP contribution is -2.06. The summed E-state index contributed by atoms with van der Waals surface area (Å²) in [4.78, 5) is 0. The first kappa shape index (κ1) is 16.5. The van der Waals surface area contributed by atoms with Gasteiger partial charge in [-0.05, 0) is 30.2 Å². The largest absolute Gasteiger partial charge is 0.493 e. The molecule has 5 nitrogen and oxygen atoms in total. The van der Waals surface area contributed by atoms with E-state index in [9.17, 15) is 5.26 Å². The Morgan fingerprint density at radius 2 is 1.76 bits per heavy atom. The van der Waals surface area contributed by atoms with Crippen molar-refractivity contribution in [2.75, 3.05) is 12.8 Å². The van der Waals surface area contributed by atoms with E-state index in [-0.39, 0.29) is 0 Å². The van der Waals surface area contributed by atoms with Crippen LogP contribution in [0.4, 0.5) is 5.69 Å². The lowest BCUT2D eigenvalue weighted by Gasteiger charge is -2.15. The summed E-state index contributed by atoms with van der Waals surface area (Å²) in [5.74, 6) is 1.58. The minimum Gasteiger partial charge on any atom is -0.493 e. The Balaban J connectivity index is 2.04. The van der Waals surface area contributed by atoms with E-state index in [2.05, 4.69) is 6.07 Å². The van der Waals surface area contributed by atoms with E-state index in [4.69, 9.17) is 15.2 Å². The molecule has 3 rings (SSSR count). The fraction of sp³-hybridized carbons (Fsp3) is 0.150. The number of aromatic nitrogens is 1. The van der Waals surface area contributed by atoms with E-state index in [0.29, 0.717) is 35.3 Å². The van der Waals surface area contributed by atoms with Crippen molar-refractivity contribution in [1.29, 1.82) is 5.26 Å². The maximum Gasteiger partial charge on any atom is 0.224 e. The van der Waals surface area contributed by atoms with Gasteiger partial charge in [0.25, 0.3) is 0 Å². The number of rotatable bonds is 5. The molecule has 3 aromatic rings. The SMILES string of the molecule is COc1ccccc1Oc1c(N)cc(C#N)n1Cc1ccccc1C. The van der Waals surface area contributed by atoms with Crippen molar-refractivity contribution in [2.24, 2.45) is 0 Å². The van der Waals surface area contributed by atoms with Crippen LogP contribution in [0.2, 0.25) is 0 Å². The molecule has 0 bridgehead atoms. The van der Waals surface area contributed by atoms with E-state index in [0.717, 1.165) is 11.1 Å². The van der Waals surface area contributed by atoms with Gasteiger partial charge in [-0.3, -0.25) is 4.57 Å². The van der Waals surface area contributed by atoms with E-state index in [1.54, 1.807) is 23.8 Å². The fourth-order valence-electron chi connectivity index (χ4n) is 2.68. The number of hydrogen-bond acceptors (Lipinski definition) is 4. The van der Waals surface area contributed by atoms with Crippen LogP contribution in [0.1, 0.15) is 16.8 Å². The zero-order chi connectivity index (χ0) is 17.8. The molecule has 25 heavy (non-hydrogen) atoms. The second kappa shape index (κ2) is 7.02. The van der Waals surface area contributed by atoms with Gasteiger partial charge >= 0.3 is 0 Å². The van der Waals surface area contributed by atoms with Gasteiger partial charge in [-0.1, -0.05) is 36.4 Å². The lowest BCUT2D eigenvalue weighted by atomic mass is 10.1. The molecule has 0 unspecified atom stereocenters. The topological polar surface area (TPSA) is 73.2 Å². The summed E-state index contributed by atoms with van der Waals surface area (Å²) in [6.45, 7) is 2.53. The second-order valence-electron chi connectivity index (χ2n) is 5.67. The second-order valence-corrected chi connectivity index (χ2v) is 5.67. The average Bonchev–Trinajstić information content (AvgIpc) is 2.93. The van der Waals surface area contributed by atoms with Crippen molar-refractivity contribution in [3.05, 3.63) is 71.4 Å². The predicted octanol–water partition coefficient (Wildman–Crippen LogP) is 4.10. The van der Waals surface area contributed by atoms with E-state index in [1.165, 1.54) is 0 Å². The Morgan fingerprint density at radius 1 is 1.08 bits per heavy atom. The zero-order valence-corrected chi connectivity index (χ0v) is 14.2. The highest BCUT2D eigenvalue weighted by molar-refractivity contribution is 5.57. The number of aryl methyl sites for hydroxylation is 1. The van der Waals surface area contributed by atoms with E-state index >= 15 is 0 Å². The summed E-state index contributed by atoms with van der Waals surface area (Å²) in [6, 6.07) is 19.2. The minimum atomic E-state index is 0.413. The molecule has 0 amide bonds. The maximum absolute atomic E-state index is 9.46. The van der Waals surface area contributed by atoms with Gasteiger partial charge in [-0.2, -0.15) is 5.26 Å². The van der Waals surface area contributed by atoms with Gasteiger partial charge in [-0.25, -0.2) is 0 Å². The Labute approximate surface area is 146 Å². The number of benzene rings is 2. The molecule has 2 aromatic carbocycles. The number of ether oxygens (including phenoxy) is 2. The molecule has 0 fully saturated rings. The number of methoxy groups -OCH3 is 1. The van der Waals surface area contributed by atoms with Crippen molar-refractivity contribution in [3.8, 4) is 23.4 Å². The van der Waals surface area contributed by atoms with Crippen LogP contribution in [0.25, 0.3) is 0 Å². The number of hydrogen-bond donors (Lipinski definition) is 1. The third kappa shape index (κ3) is 3.29. The van der Waals surface area contributed by atoms with Crippen LogP contribution < -0.4 is 15.2 Å². The van der Waals surface area contributed by atoms with E-state index < -0.39 is 0 Å². The third-order valence-electron chi connectivity index (χ3n) is 4.06. The Kier molecular flexibility index (Phi) is 4.62. The van der Waals surface area contributed by atoms with Crippen molar-refractivity contribution in [1.82, 2.24) is 4.57 Å². The molecule has 0 spiro atoms. The van der Waals surface area contributed by atoms with Crippen molar-refractivity contribution < 1.29 is 9.47 Å². The molecule has 126 valence electrons. The number of nitrogens with zero attached hydrogens (tertiary/aromatic N) is 2. The summed E-state index contributed by atoms with van der Waals surface area (Å²) in [5, 5.41) is 9.46. The van der Waals surface area contributed by atoms with Gasteiger partial charge in [0, 0.05) is 6.07 Å². The molecular formula is C20H19N3O2. The van der Waals surface area contributed by atoms with Crippen LogP contribution in [-0.4, -0.2) is 11.7 Å². The van der Waals surface area contributed by atoms with Crippen molar-refractivity contribution in [3.63, 3.8) is 0 Å². The van der Waals surface area contributed by atoms with Crippen molar-refractivity contribution >= 4 is 5.69 Å². The Bertz CT molecular complexity index is 938. The maximum atomic E-state index is 9.46. The normalized spacial score (nSPS) is 10.3. The van der Waals surface area contributed by atoms with Gasteiger partial charge in [0.05, 0.1) is 19.3 Å². The molecule has 0 atom stereocenters. The molecule has 0 saturated carbocycles. The first-order valence-corrected chi connectivity index (χ1v) is 7.88. The molecule has 2 N–H and O–H groups in total. The third-order valence-corrected chi connectivity index (χ3v) is 4.06. The highest BCUT2D eigenvalue weighted by Gasteiger charge is 2.17.